The van der Waals surface area contributed by atoms with Crippen LogP contribution in [0.4, 0.5) is 23.2 Å². The molecule has 0 spiro atoms. The Bertz CT molecular complexity index is 1370. The Kier molecular flexibility index (Phi) is 7.83. The van der Waals surface area contributed by atoms with Crippen LogP contribution in [0.15, 0.2) is 72.8 Å². The van der Waals surface area contributed by atoms with E-state index in [9.17, 15) is 22.4 Å². The van der Waals surface area contributed by atoms with Crippen LogP contribution in [-0.4, -0.2) is 40.5 Å². The third-order valence-corrected chi connectivity index (χ3v) is 5.19. The number of carbonyl (C=O) groups excluding carboxylic acids is 1. The van der Waals surface area contributed by atoms with Crippen LogP contribution in [0.1, 0.15) is 22.8 Å². The number of rotatable bonds is 9. The van der Waals surface area contributed by atoms with E-state index in [1.54, 1.807) is 30.3 Å². The topological polar surface area (TPSA) is 78.3 Å². The summed E-state index contributed by atoms with van der Waals surface area (Å²) in [7, 11) is 0. The quantitative estimate of drug-likeness (QED) is 0.227. The normalized spacial score (nSPS) is 11.4. The fraction of sp³-hybridized carbons (Fsp3) is 0.192. The van der Waals surface area contributed by atoms with Gasteiger partial charge in [-0.15, -0.1) is 5.10 Å². The zero-order valence-electron chi connectivity index (χ0n) is 19.6. The van der Waals surface area contributed by atoms with Gasteiger partial charge in [-0.25, -0.2) is 9.07 Å². The molecule has 3 aromatic carbocycles. The molecule has 11 heteroatoms. The van der Waals surface area contributed by atoms with Crippen molar-refractivity contribution in [1.29, 1.82) is 0 Å². The molecule has 0 fully saturated rings. The monoisotopic (exact) mass is 514 g/mol. The van der Waals surface area contributed by atoms with Crippen LogP contribution in [0.5, 0.6) is 6.01 Å². The number of alkyl halides is 3. The lowest BCUT2D eigenvalue weighted by molar-refractivity contribution is -0.137. The minimum absolute atomic E-state index is 0.0379. The summed E-state index contributed by atoms with van der Waals surface area (Å²) >= 11 is 0. The molecule has 4 rings (SSSR count). The fourth-order valence-electron chi connectivity index (χ4n) is 3.42. The molecule has 0 saturated heterocycles. The highest BCUT2D eigenvalue weighted by Crippen LogP contribution is 2.33. The van der Waals surface area contributed by atoms with E-state index in [0.29, 0.717) is 24.6 Å². The third kappa shape index (κ3) is 6.31. The standard InChI is InChI=1S/C26H22F4N4O3/c1-2-36-14-15-37-25-32-23(17-6-5-7-18(16-17)26(28,29)30)34(33-25)20-12-10-19(11-13-20)31-24(35)21-8-3-4-9-22(21)27/h3-13,16H,2,14-15H2,1H3,(H,31,35). The lowest BCUT2D eigenvalue weighted by Gasteiger charge is -2.10. The number of carbonyl (C=O) groups is 1. The van der Waals surface area contributed by atoms with Crippen molar-refractivity contribution in [3.8, 4) is 23.1 Å². The van der Waals surface area contributed by atoms with Gasteiger partial charge in [0.15, 0.2) is 5.82 Å². The first-order valence-electron chi connectivity index (χ1n) is 11.3. The van der Waals surface area contributed by atoms with E-state index in [0.717, 1.165) is 12.1 Å². The number of halogens is 4. The number of nitrogens with one attached hydrogen (secondary N) is 1. The predicted molar refractivity (Wildman–Crippen MR) is 128 cm³/mol. The van der Waals surface area contributed by atoms with Crippen molar-refractivity contribution in [2.24, 2.45) is 0 Å². The largest absolute Gasteiger partial charge is 0.460 e. The van der Waals surface area contributed by atoms with Crippen LogP contribution in [0.25, 0.3) is 17.1 Å². The highest BCUT2D eigenvalue weighted by atomic mass is 19.4. The number of hydrogen-bond acceptors (Lipinski definition) is 5. The molecule has 0 aliphatic rings. The van der Waals surface area contributed by atoms with Gasteiger partial charge in [-0.3, -0.25) is 4.79 Å². The first-order valence-corrected chi connectivity index (χ1v) is 11.3. The van der Waals surface area contributed by atoms with E-state index in [1.807, 2.05) is 6.92 Å². The minimum atomic E-state index is -4.53. The van der Waals surface area contributed by atoms with E-state index in [1.165, 1.54) is 35.0 Å². The zero-order chi connectivity index (χ0) is 26.4. The molecule has 37 heavy (non-hydrogen) atoms. The molecule has 0 bridgehead atoms. The molecule has 0 aliphatic heterocycles. The molecule has 1 aromatic heterocycles. The summed E-state index contributed by atoms with van der Waals surface area (Å²) in [5.41, 5.74) is 0.0707. The Hall–Kier alpha value is -4.25. The van der Waals surface area contributed by atoms with Crippen molar-refractivity contribution in [2.75, 3.05) is 25.1 Å². The maximum absolute atomic E-state index is 13.9. The van der Waals surface area contributed by atoms with E-state index < -0.39 is 23.5 Å². The number of hydrogen-bond donors (Lipinski definition) is 1. The SMILES string of the molecule is CCOCCOc1nc(-c2cccc(C(F)(F)F)c2)n(-c2ccc(NC(=O)c3ccccc3F)cc2)n1. The van der Waals surface area contributed by atoms with E-state index >= 15 is 0 Å². The van der Waals surface area contributed by atoms with Crippen LogP contribution in [0, 0.1) is 5.82 Å². The molecule has 0 atom stereocenters. The zero-order valence-corrected chi connectivity index (χ0v) is 19.6. The van der Waals surface area contributed by atoms with Crippen molar-refractivity contribution < 1.29 is 31.8 Å². The van der Waals surface area contributed by atoms with E-state index in [-0.39, 0.29) is 29.6 Å². The highest BCUT2D eigenvalue weighted by molar-refractivity contribution is 6.04. The van der Waals surface area contributed by atoms with Gasteiger partial charge in [0.1, 0.15) is 12.4 Å². The molecule has 0 saturated carbocycles. The third-order valence-electron chi connectivity index (χ3n) is 5.19. The number of amides is 1. The molecule has 7 nitrogen and oxygen atoms in total. The number of benzene rings is 3. The molecular formula is C26H22F4N4O3. The van der Waals surface area contributed by atoms with Gasteiger partial charge >= 0.3 is 12.2 Å². The summed E-state index contributed by atoms with van der Waals surface area (Å²) in [5.74, 6) is -1.15. The van der Waals surface area contributed by atoms with E-state index in [4.69, 9.17) is 9.47 Å². The van der Waals surface area contributed by atoms with Gasteiger partial charge in [-0.2, -0.15) is 18.2 Å². The maximum Gasteiger partial charge on any atom is 0.416 e. The smallest absolute Gasteiger partial charge is 0.416 e. The molecular weight excluding hydrogens is 492 g/mol. The number of aromatic nitrogens is 3. The molecule has 1 N–H and O–H groups in total. The Balaban J connectivity index is 1.63. The van der Waals surface area contributed by atoms with Crippen molar-refractivity contribution >= 4 is 11.6 Å². The summed E-state index contributed by atoms with van der Waals surface area (Å²) < 4.78 is 65.9. The predicted octanol–water partition coefficient (Wildman–Crippen LogP) is 5.76. The van der Waals surface area contributed by atoms with Crippen LogP contribution < -0.4 is 10.1 Å². The lowest BCUT2D eigenvalue weighted by atomic mass is 10.1. The second-order valence-electron chi connectivity index (χ2n) is 7.73. The van der Waals surface area contributed by atoms with Crippen LogP contribution >= 0.6 is 0 Å². The number of ether oxygens (including phenoxy) is 2. The average molecular weight is 514 g/mol. The summed E-state index contributed by atoms with van der Waals surface area (Å²) in [6.45, 7) is 2.78. The lowest BCUT2D eigenvalue weighted by Crippen LogP contribution is -2.13. The molecule has 192 valence electrons. The van der Waals surface area contributed by atoms with Gasteiger partial charge in [0.25, 0.3) is 5.91 Å². The molecule has 0 unspecified atom stereocenters. The summed E-state index contributed by atoms with van der Waals surface area (Å²) in [6, 6.07) is 16.6. The van der Waals surface area contributed by atoms with Gasteiger partial charge in [0.05, 0.1) is 23.4 Å². The Morgan fingerprint density at radius 2 is 1.76 bits per heavy atom. The number of anilines is 1. The van der Waals surface area contributed by atoms with Crippen LogP contribution in [0.3, 0.4) is 0 Å². The molecule has 0 radical (unpaired) electrons. The van der Waals surface area contributed by atoms with Gasteiger partial charge in [-0.05, 0) is 55.5 Å². The van der Waals surface area contributed by atoms with Crippen LogP contribution in [0.2, 0.25) is 0 Å². The van der Waals surface area contributed by atoms with Gasteiger partial charge in [0.2, 0.25) is 0 Å². The summed E-state index contributed by atoms with van der Waals surface area (Å²) in [4.78, 5) is 16.7. The first kappa shape index (κ1) is 25.8. The molecule has 1 heterocycles. The molecule has 0 aliphatic carbocycles. The minimum Gasteiger partial charge on any atom is -0.460 e. The summed E-state index contributed by atoms with van der Waals surface area (Å²) in [6.07, 6.45) is -4.53. The van der Waals surface area contributed by atoms with Gasteiger partial charge < -0.3 is 14.8 Å². The van der Waals surface area contributed by atoms with Gasteiger partial charge in [0, 0.05) is 17.9 Å². The number of nitrogens with zero attached hydrogens (tertiary/aromatic N) is 3. The Labute approximate surface area is 209 Å². The van der Waals surface area contributed by atoms with Gasteiger partial charge in [-0.1, -0.05) is 24.3 Å². The molecule has 4 aromatic rings. The highest BCUT2D eigenvalue weighted by Gasteiger charge is 2.31. The van der Waals surface area contributed by atoms with Crippen molar-refractivity contribution in [3.63, 3.8) is 0 Å². The second-order valence-corrected chi connectivity index (χ2v) is 7.73. The summed E-state index contributed by atoms with van der Waals surface area (Å²) in [5, 5.41) is 6.91. The Morgan fingerprint density at radius 3 is 2.46 bits per heavy atom. The van der Waals surface area contributed by atoms with Crippen LogP contribution in [-0.2, 0) is 10.9 Å². The Morgan fingerprint density at radius 1 is 1.00 bits per heavy atom. The average Bonchev–Trinajstić information content (AvgIpc) is 3.31. The second kappa shape index (κ2) is 11.2. The fourth-order valence-corrected chi connectivity index (χ4v) is 3.42. The first-order chi connectivity index (χ1) is 17.8. The maximum atomic E-state index is 13.9. The molecule has 1 amide bonds. The van der Waals surface area contributed by atoms with E-state index in [2.05, 4.69) is 15.4 Å². The van der Waals surface area contributed by atoms with Crippen molar-refractivity contribution in [2.45, 2.75) is 13.1 Å². The van der Waals surface area contributed by atoms with Crippen molar-refractivity contribution in [1.82, 2.24) is 14.8 Å². The van der Waals surface area contributed by atoms with Crippen molar-refractivity contribution in [3.05, 3.63) is 89.7 Å².